The van der Waals surface area contributed by atoms with Crippen LogP contribution in [0.3, 0.4) is 0 Å². The van der Waals surface area contributed by atoms with E-state index in [1.54, 1.807) is 18.2 Å². The molecule has 5 nitrogen and oxygen atoms in total. The number of carbonyl (C=O) groups excluding carboxylic acids is 1. The lowest BCUT2D eigenvalue weighted by Crippen LogP contribution is -2.43. The number of nitrogens with zero attached hydrogens (tertiary/aromatic N) is 2. The molecule has 21 heavy (non-hydrogen) atoms. The molecule has 0 radical (unpaired) electrons. The number of likely N-dealkylation sites (N-methyl/N-ethyl adjacent to an activating group) is 1. The highest BCUT2D eigenvalue weighted by Crippen LogP contribution is 2.23. The molecule has 0 spiro atoms. The SMILES string of the molecule is CCN(CC(C)C#N)C(C)C(=O)Nc1cc(Cl)ccc1N. The predicted molar refractivity (Wildman–Crippen MR) is 86.0 cm³/mol. The largest absolute Gasteiger partial charge is 0.397 e. The van der Waals surface area contributed by atoms with E-state index in [9.17, 15) is 4.79 Å². The van der Waals surface area contributed by atoms with Crippen molar-refractivity contribution in [2.45, 2.75) is 26.8 Å². The first kappa shape index (κ1) is 17.3. The number of hydrogen-bond acceptors (Lipinski definition) is 4. The van der Waals surface area contributed by atoms with Gasteiger partial charge < -0.3 is 11.1 Å². The second kappa shape index (κ2) is 7.87. The fourth-order valence-corrected chi connectivity index (χ4v) is 2.17. The van der Waals surface area contributed by atoms with Crippen LogP contribution in [-0.2, 0) is 4.79 Å². The maximum absolute atomic E-state index is 12.3. The third-order valence-corrected chi connectivity index (χ3v) is 3.57. The van der Waals surface area contributed by atoms with Crippen molar-refractivity contribution in [1.29, 1.82) is 5.26 Å². The summed E-state index contributed by atoms with van der Waals surface area (Å²) in [5, 5.41) is 12.2. The second-order valence-electron chi connectivity index (χ2n) is 5.01. The van der Waals surface area contributed by atoms with Crippen molar-refractivity contribution in [3.63, 3.8) is 0 Å². The Morgan fingerprint density at radius 2 is 2.19 bits per heavy atom. The van der Waals surface area contributed by atoms with E-state index in [1.807, 2.05) is 25.7 Å². The monoisotopic (exact) mass is 308 g/mol. The number of nitrogen functional groups attached to an aromatic ring is 1. The molecule has 0 aromatic heterocycles. The summed E-state index contributed by atoms with van der Waals surface area (Å²) in [5.41, 5.74) is 6.79. The molecule has 0 aliphatic rings. The fourth-order valence-electron chi connectivity index (χ4n) is 1.99. The zero-order chi connectivity index (χ0) is 16.0. The number of nitrogens with two attached hydrogens (primary N) is 1. The number of halogens is 1. The first-order chi connectivity index (χ1) is 9.88. The second-order valence-corrected chi connectivity index (χ2v) is 5.45. The normalized spacial score (nSPS) is 13.5. The highest BCUT2D eigenvalue weighted by atomic mass is 35.5. The van der Waals surface area contributed by atoms with Crippen molar-refractivity contribution in [2.24, 2.45) is 5.92 Å². The lowest BCUT2D eigenvalue weighted by atomic mass is 10.1. The van der Waals surface area contributed by atoms with E-state index in [0.717, 1.165) is 0 Å². The van der Waals surface area contributed by atoms with Crippen molar-refractivity contribution < 1.29 is 4.79 Å². The van der Waals surface area contributed by atoms with Gasteiger partial charge >= 0.3 is 0 Å². The van der Waals surface area contributed by atoms with E-state index >= 15 is 0 Å². The maximum Gasteiger partial charge on any atom is 0.241 e. The zero-order valence-electron chi connectivity index (χ0n) is 12.6. The maximum atomic E-state index is 12.3. The van der Waals surface area contributed by atoms with Crippen molar-refractivity contribution in [1.82, 2.24) is 4.90 Å². The highest BCUT2D eigenvalue weighted by molar-refractivity contribution is 6.31. The Hall–Kier alpha value is -1.77. The molecule has 0 saturated carbocycles. The third-order valence-electron chi connectivity index (χ3n) is 3.34. The number of amides is 1. The van der Waals surface area contributed by atoms with Crippen LogP contribution in [0, 0.1) is 17.2 Å². The smallest absolute Gasteiger partial charge is 0.241 e. The lowest BCUT2D eigenvalue weighted by Gasteiger charge is -2.27. The van der Waals surface area contributed by atoms with Crippen LogP contribution in [-0.4, -0.2) is 29.9 Å². The van der Waals surface area contributed by atoms with Gasteiger partial charge in [-0.3, -0.25) is 9.69 Å². The molecule has 0 heterocycles. The number of anilines is 2. The molecule has 114 valence electrons. The quantitative estimate of drug-likeness (QED) is 0.792. The first-order valence-electron chi connectivity index (χ1n) is 6.88. The lowest BCUT2D eigenvalue weighted by molar-refractivity contribution is -0.120. The Bertz CT molecular complexity index is 541. The Labute approximate surface area is 130 Å². The van der Waals surface area contributed by atoms with Gasteiger partial charge in [-0.2, -0.15) is 5.26 Å². The molecule has 2 atom stereocenters. The Balaban J connectivity index is 2.77. The van der Waals surface area contributed by atoms with Gasteiger partial charge in [-0.15, -0.1) is 0 Å². The molecule has 0 aliphatic carbocycles. The molecular weight excluding hydrogens is 288 g/mol. The Morgan fingerprint density at radius 3 is 2.76 bits per heavy atom. The minimum absolute atomic E-state index is 0.128. The van der Waals surface area contributed by atoms with E-state index in [0.29, 0.717) is 29.5 Å². The van der Waals surface area contributed by atoms with E-state index in [2.05, 4.69) is 11.4 Å². The summed E-state index contributed by atoms with van der Waals surface area (Å²) < 4.78 is 0. The number of rotatable bonds is 6. The average molecular weight is 309 g/mol. The summed E-state index contributed by atoms with van der Waals surface area (Å²) in [7, 11) is 0. The van der Waals surface area contributed by atoms with Crippen LogP contribution in [0.25, 0.3) is 0 Å². The first-order valence-corrected chi connectivity index (χ1v) is 7.26. The van der Waals surface area contributed by atoms with Crippen molar-refractivity contribution in [3.05, 3.63) is 23.2 Å². The summed E-state index contributed by atoms with van der Waals surface area (Å²) in [6.07, 6.45) is 0. The standard InChI is InChI=1S/C15H21ClN4O/c1-4-20(9-10(2)8-17)11(3)15(21)19-14-7-12(16)5-6-13(14)18/h5-7,10-11H,4,9,18H2,1-3H3,(H,19,21). The molecule has 0 aliphatic heterocycles. The van der Waals surface area contributed by atoms with Gasteiger partial charge in [0.1, 0.15) is 0 Å². The molecule has 0 bridgehead atoms. The van der Waals surface area contributed by atoms with Gasteiger partial charge in [0.2, 0.25) is 5.91 Å². The Morgan fingerprint density at radius 1 is 1.52 bits per heavy atom. The minimum atomic E-state index is -0.357. The molecular formula is C15H21ClN4O. The molecule has 1 rings (SSSR count). The molecule has 0 saturated heterocycles. The summed E-state index contributed by atoms with van der Waals surface area (Å²) >= 11 is 5.90. The number of carbonyl (C=O) groups is 1. The summed E-state index contributed by atoms with van der Waals surface area (Å²) in [5.74, 6) is -0.299. The van der Waals surface area contributed by atoms with Crippen molar-refractivity contribution >= 4 is 28.9 Å². The number of nitriles is 1. The van der Waals surface area contributed by atoms with Crippen molar-refractivity contribution in [3.8, 4) is 6.07 Å². The molecule has 1 aromatic rings. The topological polar surface area (TPSA) is 82.2 Å². The van der Waals surface area contributed by atoms with Crippen LogP contribution in [0.1, 0.15) is 20.8 Å². The van der Waals surface area contributed by atoms with Gasteiger partial charge in [-0.05, 0) is 38.6 Å². The summed E-state index contributed by atoms with van der Waals surface area (Å²) in [6.45, 7) is 6.84. The van der Waals surface area contributed by atoms with Crippen molar-refractivity contribution in [2.75, 3.05) is 24.1 Å². The summed E-state index contributed by atoms with van der Waals surface area (Å²) in [6, 6.07) is 6.76. The van der Waals surface area contributed by atoms with E-state index in [4.69, 9.17) is 22.6 Å². The van der Waals surface area contributed by atoms with Gasteiger partial charge in [0.15, 0.2) is 0 Å². The molecule has 1 amide bonds. The Kier molecular flexibility index (Phi) is 6.47. The highest BCUT2D eigenvalue weighted by Gasteiger charge is 2.22. The van der Waals surface area contributed by atoms with Crippen LogP contribution >= 0.6 is 11.6 Å². The van der Waals surface area contributed by atoms with E-state index < -0.39 is 0 Å². The average Bonchev–Trinajstić information content (AvgIpc) is 2.47. The van der Waals surface area contributed by atoms with Crippen LogP contribution in [0.4, 0.5) is 11.4 Å². The van der Waals surface area contributed by atoms with E-state index in [1.165, 1.54) is 0 Å². The number of hydrogen-bond donors (Lipinski definition) is 2. The van der Waals surface area contributed by atoms with Gasteiger partial charge in [0.05, 0.1) is 29.4 Å². The molecule has 0 fully saturated rings. The molecule has 6 heteroatoms. The van der Waals surface area contributed by atoms with E-state index in [-0.39, 0.29) is 17.9 Å². The van der Waals surface area contributed by atoms with Crippen LogP contribution < -0.4 is 11.1 Å². The zero-order valence-corrected chi connectivity index (χ0v) is 13.3. The predicted octanol–water partition coefficient (Wildman–Crippen LogP) is 2.73. The fraction of sp³-hybridized carbons (Fsp3) is 0.467. The van der Waals surface area contributed by atoms with Gasteiger partial charge in [0, 0.05) is 11.6 Å². The van der Waals surface area contributed by atoms with Gasteiger partial charge in [-0.25, -0.2) is 0 Å². The molecule has 3 N–H and O–H groups in total. The molecule has 1 aromatic carbocycles. The molecule has 2 unspecified atom stereocenters. The van der Waals surface area contributed by atoms with Crippen LogP contribution in [0.2, 0.25) is 5.02 Å². The number of benzene rings is 1. The third kappa shape index (κ3) is 4.92. The summed E-state index contributed by atoms with van der Waals surface area (Å²) in [4.78, 5) is 14.3. The minimum Gasteiger partial charge on any atom is -0.397 e. The van der Waals surface area contributed by atoms with Gasteiger partial charge in [-0.1, -0.05) is 18.5 Å². The van der Waals surface area contributed by atoms with Crippen LogP contribution in [0.15, 0.2) is 18.2 Å². The van der Waals surface area contributed by atoms with Crippen LogP contribution in [0.5, 0.6) is 0 Å². The number of nitrogens with one attached hydrogen (secondary N) is 1. The van der Waals surface area contributed by atoms with Gasteiger partial charge in [0.25, 0.3) is 0 Å².